The fourth-order valence-corrected chi connectivity index (χ4v) is 3.23. The topological polar surface area (TPSA) is 91.8 Å². The summed E-state index contributed by atoms with van der Waals surface area (Å²) in [6, 6.07) is 15.1. The van der Waals surface area contributed by atoms with E-state index in [1.54, 1.807) is 19.2 Å². The van der Waals surface area contributed by atoms with Crippen LogP contribution in [0.5, 0.6) is 5.75 Å². The fourth-order valence-electron chi connectivity index (χ4n) is 2.63. The quantitative estimate of drug-likeness (QED) is 0.280. The molecule has 0 atom stereocenters. The highest BCUT2D eigenvalue weighted by Gasteiger charge is 2.14. The SMILES string of the molecule is CN=C(NCc1ccccc1NS(C)(=O)=O)NCc1ccccc1OC(C)(C)C.I. The Bertz CT molecular complexity index is 957. The molecule has 0 fully saturated rings. The van der Waals surface area contributed by atoms with Crippen LogP contribution in [0.15, 0.2) is 53.5 Å². The fraction of sp³-hybridized carbons (Fsp3) is 0.381. The maximum absolute atomic E-state index is 11.6. The molecular formula is C21H31IN4O3S. The van der Waals surface area contributed by atoms with Crippen molar-refractivity contribution in [2.75, 3.05) is 18.0 Å². The van der Waals surface area contributed by atoms with Gasteiger partial charge in [0.1, 0.15) is 11.4 Å². The van der Waals surface area contributed by atoms with Gasteiger partial charge in [-0.15, -0.1) is 24.0 Å². The molecule has 0 saturated heterocycles. The summed E-state index contributed by atoms with van der Waals surface area (Å²) in [4.78, 5) is 4.24. The number of halogens is 1. The van der Waals surface area contributed by atoms with Crippen molar-refractivity contribution in [3.05, 3.63) is 59.7 Å². The Morgan fingerprint density at radius 2 is 1.50 bits per heavy atom. The lowest BCUT2D eigenvalue weighted by Crippen LogP contribution is -2.36. The number of aliphatic imine (C=N–C) groups is 1. The summed E-state index contributed by atoms with van der Waals surface area (Å²) in [5, 5.41) is 6.48. The van der Waals surface area contributed by atoms with Crippen molar-refractivity contribution in [1.29, 1.82) is 0 Å². The molecule has 0 bridgehead atoms. The van der Waals surface area contributed by atoms with Crippen LogP contribution in [0.2, 0.25) is 0 Å². The summed E-state index contributed by atoms with van der Waals surface area (Å²) in [7, 11) is -1.66. The standard InChI is InChI=1S/C21H30N4O3S.HI/c1-21(2,3)28-19-13-9-7-11-17(19)15-24-20(22-4)23-14-16-10-6-8-12-18(16)25-29(5,26)27;/h6-13,25H,14-15H2,1-5H3,(H2,22,23,24);1H. The third-order valence-corrected chi connectivity index (χ3v) is 4.41. The minimum atomic E-state index is -3.35. The van der Waals surface area contributed by atoms with E-state index in [9.17, 15) is 8.42 Å². The first-order chi connectivity index (χ1) is 13.6. The zero-order chi connectivity index (χ0) is 21.5. The number of hydrogen-bond acceptors (Lipinski definition) is 4. The third-order valence-electron chi connectivity index (χ3n) is 3.82. The summed E-state index contributed by atoms with van der Waals surface area (Å²) in [6.45, 7) is 6.99. The van der Waals surface area contributed by atoms with E-state index < -0.39 is 10.0 Å². The number of guanidine groups is 1. The number of ether oxygens (including phenoxy) is 1. The Morgan fingerprint density at radius 3 is 2.07 bits per heavy atom. The van der Waals surface area contributed by atoms with Gasteiger partial charge in [-0.3, -0.25) is 9.71 Å². The van der Waals surface area contributed by atoms with Crippen LogP contribution in [-0.2, 0) is 23.1 Å². The van der Waals surface area contributed by atoms with E-state index in [2.05, 4.69) is 20.3 Å². The number of para-hydroxylation sites is 2. The minimum Gasteiger partial charge on any atom is -0.488 e. The summed E-state index contributed by atoms with van der Waals surface area (Å²) in [5.74, 6) is 1.43. The first-order valence-corrected chi connectivity index (χ1v) is 11.2. The Morgan fingerprint density at radius 1 is 0.967 bits per heavy atom. The van der Waals surface area contributed by atoms with Crippen molar-refractivity contribution in [2.24, 2.45) is 4.99 Å². The zero-order valence-electron chi connectivity index (χ0n) is 18.0. The van der Waals surface area contributed by atoms with Crippen LogP contribution in [-0.4, -0.2) is 33.3 Å². The highest BCUT2D eigenvalue weighted by Crippen LogP contribution is 2.22. The van der Waals surface area contributed by atoms with Gasteiger partial charge in [-0.2, -0.15) is 0 Å². The molecule has 0 heterocycles. The van der Waals surface area contributed by atoms with Gasteiger partial charge in [-0.05, 0) is 38.5 Å². The smallest absolute Gasteiger partial charge is 0.229 e. The van der Waals surface area contributed by atoms with Crippen LogP contribution in [0.25, 0.3) is 0 Å². The Labute approximate surface area is 196 Å². The lowest BCUT2D eigenvalue weighted by Gasteiger charge is -2.23. The van der Waals surface area contributed by atoms with Gasteiger partial charge in [0.25, 0.3) is 0 Å². The first-order valence-electron chi connectivity index (χ1n) is 9.34. The van der Waals surface area contributed by atoms with Crippen molar-refractivity contribution in [2.45, 2.75) is 39.5 Å². The number of hydrogen-bond donors (Lipinski definition) is 3. The molecule has 0 aromatic heterocycles. The van der Waals surface area contributed by atoms with E-state index in [0.29, 0.717) is 24.7 Å². The minimum absolute atomic E-state index is 0. The second-order valence-electron chi connectivity index (χ2n) is 7.63. The van der Waals surface area contributed by atoms with Crippen molar-refractivity contribution >= 4 is 45.6 Å². The van der Waals surface area contributed by atoms with Gasteiger partial charge in [0.05, 0.1) is 11.9 Å². The molecular weight excluding hydrogens is 515 g/mol. The van der Waals surface area contributed by atoms with Gasteiger partial charge >= 0.3 is 0 Å². The zero-order valence-corrected chi connectivity index (χ0v) is 21.2. The molecule has 0 aliphatic rings. The van der Waals surface area contributed by atoms with Crippen LogP contribution in [0.3, 0.4) is 0 Å². The van der Waals surface area contributed by atoms with Gasteiger partial charge in [0, 0.05) is 25.7 Å². The molecule has 0 amide bonds. The third kappa shape index (κ3) is 9.21. The lowest BCUT2D eigenvalue weighted by atomic mass is 10.1. The largest absolute Gasteiger partial charge is 0.488 e. The van der Waals surface area contributed by atoms with Crippen LogP contribution in [0, 0.1) is 0 Å². The van der Waals surface area contributed by atoms with Gasteiger partial charge in [0.15, 0.2) is 5.96 Å². The lowest BCUT2D eigenvalue weighted by molar-refractivity contribution is 0.129. The van der Waals surface area contributed by atoms with Crippen LogP contribution in [0.1, 0.15) is 31.9 Å². The van der Waals surface area contributed by atoms with Gasteiger partial charge in [-0.1, -0.05) is 36.4 Å². The number of anilines is 1. The van der Waals surface area contributed by atoms with Gasteiger partial charge in [0.2, 0.25) is 10.0 Å². The average molecular weight is 546 g/mol. The van der Waals surface area contributed by atoms with E-state index in [0.717, 1.165) is 23.1 Å². The predicted molar refractivity (Wildman–Crippen MR) is 134 cm³/mol. The maximum Gasteiger partial charge on any atom is 0.229 e. The highest BCUT2D eigenvalue weighted by atomic mass is 127. The molecule has 0 unspecified atom stereocenters. The summed E-state index contributed by atoms with van der Waals surface area (Å²) in [6.07, 6.45) is 1.13. The molecule has 0 saturated carbocycles. The molecule has 0 aliphatic carbocycles. The molecule has 0 spiro atoms. The summed E-state index contributed by atoms with van der Waals surface area (Å²) < 4.78 is 31.7. The van der Waals surface area contributed by atoms with E-state index in [1.165, 1.54) is 0 Å². The monoisotopic (exact) mass is 546 g/mol. The highest BCUT2D eigenvalue weighted by molar-refractivity contribution is 14.0. The molecule has 0 aliphatic heterocycles. The number of sulfonamides is 1. The number of benzene rings is 2. The van der Waals surface area contributed by atoms with Gasteiger partial charge < -0.3 is 15.4 Å². The van der Waals surface area contributed by atoms with Crippen LogP contribution in [0.4, 0.5) is 5.69 Å². The first kappa shape index (κ1) is 26.0. The van der Waals surface area contributed by atoms with E-state index >= 15 is 0 Å². The molecule has 30 heavy (non-hydrogen) atoms. The molecule has 2 aromatic carbocycles. The molecule has 9 heteroatoms. The molecule has 2 aromatic rings. The molecule has 0 radical (unpaired) electrons. The van der Waals surface area contributed by atoms with Crippen LogP contribution >= 0.6 is 24.0 Å². The second kappa shape index (κ2) is 11.4. The molecule has 166 valence electrons. The predicted octanol–water partition coefficient (Wildman–Crippen LogP) is 3.72. The molecule has 2 rings (SSSR count). The van der Waals surface area contributed by atoms with Crippen molar-refractivity contribution in [3.63, 3.8) is 0 Å². The Hall–Kier alpha value is -2.01. The summed E-state index contributed by atoms with van der Waals surface area (Å²) >= 11 is 0. The number of nitrogens with one attached hydrogen (secondary N) is 3. The second-order valence-corrected chi connectivity index (χ2v) is 9.38. The summed E-state index contributed by atoms with van der Waals surface area (Å²) in [5.41, 5.74) is 2.09. The number of nitrogens with zero attached hydrogens (tertiary/aromatic N) is 1. The van der Waals surface area contributed by atoms with E-state index in [1.807, 2.05) is 57.2 Å². The molecule has 7 nitrogen and oxygen atoms in total. The van der Waals surface area contributed by atoms with E-state index in [-0.39, 0.29) is 29.6 Å². The van der Waals surface area contributed by atoms with Crippen LogP contribution < -0.4 is 20.1 Å². The van der Waals surface area contributed by atoms with Gasteiger partial charge in [-0.25, -0.2) is 8.42 Å². The molecule has 3 N–H and O–H groups in total. The van der Waals surface area contributed by atoms with Crippen molar-refractivity contribution in [1.82, 2.24) is 10.6 Å². The average Bonchev–Trinajstić information content (AvgIpc) is 2.61. The normalized spacial score (nSPS) is 12.0. The Balaban J connectivity index is 0.00000450. The van der Waals surface area contributed by atoms with Crippen molar-refractivity contribution < 1.29 is 13.2 Å². The Kier molecular flexibility index (Phi) is 9.89. The van der Waals surface area contributed by atoms with E-state index in [4.69, 9.17) is 4.74 Å². The maximum atomic E-state index is 11.6. The van der Waals surface area contributed by atoms with Crippen molar-refractivity contribution in [3.8, 4) is 5.75 Å². The number of rotatable bonds is 7.